The summed E-state index contributed by atoms with van der Waals surface area (Å²) in [6, 6.07) is 4.82. The molecule has 1 aromatic rings. The van der Waals surface area contributed by atoms with Gasteiger partial charge in [0.05, 0.1) is 6.04 Å². The van der Waals surface area contributed by atoms with Crippen LogP contribution in [0.5, 0.6) is 0 Å². The fraction of sp³-hybridized carbons (Fsp3) is 0.588. The molecule has 4 nitrogen and oxygen atoms in total. The number of fused-ring (bicyclic) bond motifs is 1. The third-order valence-corrected chi connectivity index (χ3v) is 4.17. The van der Waals surface area contributed by atoms with Crippen molar-refractivity contribution in [2.45, 2.75) is 45.1 Å². The van der Waals surface area contributed by atoms with E-state index in [9.17, 15) is 9.18 Å². The second-order valence-electron chi connectivity index (χ2n) is 5.77. The monoisotopic (exact) mass is 308 g/mol. The molecule has 0 bridgehead atoms. The molecule has 0 saturated carbocycles. The predicted molar refractivity (Wildman–Crippen MR) is 84.2 cm³/mol. The van der Waals surface area contributed by atoms with Crippen molar-refractivity contribution < 1.29 is 14.3 Å². The summed E-state index contributed by atoms with van der Waals surface area (Å²) in [5.41, 5.74) is 1.62. The predicted octanol–water partition coefficient (Wildman–Crippen LogP) is 3.01. The van der Waals surface area contributed by atoms with Crippen LogP contribution in [0.25, 0.3) is 0 Å². The topological polar surface area (TPSA) is 52.6 Å². The van der Waals surface area contributed by atoms with E-state index in [4.69, 9.17) is 5.11 Å². The number of nitrogens with zero attached hydrogens (tertiary/aromatic N) is 1. The summed E-state index contributed by atoms with van der Waals surface area (Å²) in [7, 11) is 0. The number of urea groups is 1. The van der Waals surface area contributed by atoms with Gasteiger partial charge in [0.25, 0.3) is 0 Å². The average molecular weight is 308 g/mol. The number of hydrogen-bond donors (Lipinski definition) is 2. The Morgan fingerprint density at radius 3 is 2.91 bits per heavy atom. The highest BCUT2D eigenvalue weighted by atomic mass is 19.1. The van der Waals surface area contributed by atoms with Crippen LogP contribution in [-0.2, 0) is 6.42 Å². The smallest absolute Gasteiger partial charge is 0.317 e. The summed E-state index contributed by atoms with van der Waals surface area (Å²) >= 11 is 0. The normalized spacial score (nSPS) is 16.4. The van der Waals surface area contributed by atoms with Gasteiger partial charge in [-0.3, -0.25) is 0 Å². The highest BCUT2D eigenvalue weighted by molar-refractivity contribution is 5.75. The number of carbonyl (C=O) groups excluding carboxylic acids is 1. The summed E-state index contributed by atoms with van der Waals surface area (Å²) in [6.07, 6.45) is 3.93. The van der Waals surface area contributed by atoms with Gasteiger partial charge in [-0.2, -0.15) is 0 Å². The highest BCUT2D eigenvalue weighted by Crippen LogP contribution is 2.32. The summed E-state index contributed by atoms with van der Waals surface area (Å²) < 4.78 is 13.7. The van der Waals surface area contributed by atoms with Crippen LogP contribution in [0.2, 0.25) is 0 Å². The maximum atomic E-state index is 13.7. The maximum absolute atomic E-state index is 13.7. The van der Waals surface area contributed by atoms with E-state index in [1.54, 1.807) is 11.0 Å². The Kier molecular flexibility index (Phi) is 6.19. The number of nitrogens with one attached hydrogen (secondary N) is 1. The van der Waals surface area contributed by atoms with E-state index in [1.165, 1.54) is 6.07 Å². The van der Waals surface area contributed by atoms with E-state index in [2.05, 4.69) is 12.2 Å². The molecule has 1 atom stereocenters. The molecule has 1 aromatic carbocycles. The van der Waals surface area contributed by atoms with Gasteiger partial charge in [-0.1, -0.05) is 25.5 Å². The molecule has 1 aliphatic rings. The van der Waals surface area contributed by atoms with Crippen molar-refractivity contribution in [2.24, 2.45) is 0 Å². The summed E-state index contributed by atoms with van der Waals surface area (Å²) in [5.74, 6) is -0.183. The molecule has 0 heterocycles. The van der Waals surface area contributed by atoms with Crippen molar-refractivity contribution in [3.05, 3.63) is 35.1 Å². The minimum absolute atomic E-state index is 0.0768. The van der Waals surface area contributed by atoms with Crippen LogP contribution < -0.4 is 5.32 Å². The summed E-state index contributed by atoms with van der Waals surface area (Å²) in [6.45, 7) is 3.39. The molecular formula is C17H25FN2O2. The van der Waals surface area contributed by atoms with Crippen molar-refractivity contribution in [3.8, 4) is 0 Å². The third kappa shape index (κ3) is 3.97. The lowest BCUT2D eigenvalue weighted by molar-refractivity contribution is 0.185. The molecule has 0 spiro atoms. The number of hydrogen-bond acceptors (Lipinski definition) is 2. The van der Waals surface area contributed by atoms with Crippen LogP contribution >= 0.6 is 0 Å². The van der Waals surface area contributed by atoms with E-state index in [0.717, 1.165) is 30.4 Å². The SMILES string of the molecule is CCCCN(CCCO)C(=O)NC1CCc2c(F)cccc21. The van der Waals surface area contributed by atoms with E-state index < -0.39 is 0 Å². The number of unbranched alkanes of at least 4 members (excludes halogenated alkanes) is 1. The zero-order chi connectivity index (χ0) is 15.9. The first-order valence-corrected chi connectivity index (χ1v) is 8.11. The second-order valence-corrected chi connectivity index (χ2v) is 5.77. The first kappa shape index (κ1) is 16.7. The van der Waals surface area contributed by atoms with Crippen molar-refractivity contribution >= 4 is 6.03 Å². The highest BCUT2D eigenvalue weighted by Gasteiger charge is 2.27. The molecule has 0 aliphatic heterocycles. The molecule has 0 saturated heterocycles. The molecule has 2 rings (SSSR count). The minimum Gasteiger partial charge on any atom is -0.396 e. The number of rotatable bonds is 7. The quantitative estimate of drug-likeness (QED) is 0.813. The third-order valence-electron chi connectivity index (χ3n) is 4.17. The Morgan fingerprint density at radius 1 is 1.41 bits per heavy atom. The zero-order valence-electron chi connectivity index (χ0n) is 13.1. The molecule has 5 heteroatoms. The van der Waals surface area contributed by atoms with Crippen LogP contribution in [0.3, 0.4) is 0 Å². The summed E-state index contributed by atoms with van der Waals surface area (Å²) in [5, 5.41) is 12.0. The van der Waals surface area contributed by atoms with Crippen LogP contribution in [0.15, 0.2) is 18.2 Å². The Morgan fingerprint density at radius 2 is 2.18 bits per heavy atom. The van der Waals surface area contributed by atoms with Crippen LogP contribution in [0, 0.1) is 5.82 Å². The molecule has 0 fully saturated rings. The van der Waals surface area contributed by atoms with Crippen LogP contribution in [0.4, 0.5) is 9.18 Å². The van der Waals surface area contributed by atoms with Crippen molar-refractivity contribution in [2.75, 3.05) is 19.7 Å². The molecule has 2 amide bonds. The lowest BCUT2D eigenvalue weighted by Crippen LogP contribution is -2.42. The number of halogens is 1. The van der Waals surface area contributed by atoms with Crippen molar-refractivity contribution in [1.82, 2.24) is 10.2 Å². The van der Waals surface area contributed by atoms with Gasteiger partial charge in [0, 0.05) is 19.7 Å². The molecule has 2 N–H and O–H groups in total. The van der Waals surface area contributed by atoms with E-state index in [1.807, 2.05) is 6.07 Å². The Hall–Kier alpha value is -1.62. The van der Waals surface area contributed by atoms with Gasteiger partial charge in [0.15, 0.2) is 0 Å². The lowest BCUT2D eigenvalue weighted by atomic mass is 10.1. The summed E-state index contributed by atoms with van der Waals surface area (Å²) in [4.78, 5) is 14.2. The number of benzene rings is 1. The number of amides is 2. The molecule has 1 unspecified atom stereocenters. The maximum Gasteiger partial charge on any atom is 0.317 e. The molecule has 122 valence electrons. The largest absolute Gasteiger partial charge is 0.396 e. The zero-order valence-corrected chi connectivity index (χ0v) is 13.1. The molecule has 0 aromatic heterocycles. The van der Waals surface area contributed by atoms with Gasteiger partial charge >= 0.3 is 6.03 Å². The van der Waals surface area contributed by atoms with Crippen LogP contribution in [0.1, 0.15) is 49.8 Å². The Balaban J connectivity index is 2.00. The van der Waals surface area contributed by atoms with Gasteiger partial charge in [0.1, 0.15) is 5.82 Å². The first-order chi connectivity index (χ1) is 10.7. The van der Waals surface area contributed by atoms with Crippen molar-refractivity contribution in [3.63, 3.8) is 0 Å². The number of aliphatic hydroxyl groups excluding tert-OH is 1. The second kappa shape index (κ2) is 8.13. The number of carbonyl (C=O) groups is 1. The van der Waals surface area contributed by atoms with Crippen molar-refractivity contribution in [1.29, 1.82) is 0 Å². The fourth-order valence-electron chi connectivity index (χ4n) is 2.93. The molecule has 1 aliphatic carbocycles. The van der Waals surface area contributed by atoms with Gasteiger partial charge in [-0.15, -0.1) is 0 Å². The first-order valence-electron chi connectivity index (χ1n) is 8.11. The van der Waals surface area contributed by atoms with Gasteiger partial charge in [-0.25, -0.2) is 9.18 Å². The lowest BCUT2D eigenvalue weighted by Gasteiger charge is -2.25. The standard InChI is InChI=1S/C17H25FN2O2/c1-2-3-10-20(11-5-12-21)17(22)19-16-9-8-13-14(16)6-4-7-15(13)18/h4,6-7,16,21H,2-3,5,8-12H2,1H3,(H,19,22). The minimum atomic E-state index is -0.183. The van der Waals surface area contributed by atoms with Gasteiger partial charge < -0.3 is 15.3 Å². The fourth-order valence-corrected chi connectivity index (χ4v) is 2.93. The molecule has 0 radical (unpaired) electrons. The molecule has 22 heavy (non-hydrogen) atoms. The van der Waals surface area contributed by atoms with E-state index >= 15 is 0 Å². The van der Waals surface area contributed by atoms with Gasteiger partial charge in [-0.05, 0) is 42.9 Å². The van der Waals surface area contributed by atoms with Gasteiger partial charge in [0.2, 0.25) is 0 Å². The Bertz CT molecular complexity index is 499. The number of aliphatic hydroxyl groups is 1. The molecular weight excluding hydrogens is 283 g/mol. The van der Waals surface area contributed by atoms with E-state index in [-0.39, 0.29) is 24.5 Å². The Labute approximate surface area is 131 Å². The van der Waals surface area contributed by atoms with Crippen LogP contribution in [-0.4, -0.2) is 35.7 Å². The van der Waals surface area contributed by atoms with E-state index in [0.29, 0.717) is 25.9 Å². The average Bonchev–Trinajstić information content (AvgIpc) is 2.92.